The third kappa shape index (κ3) is 9.46. The van der Waals surface area contributed by atoms with E-state index in [2.05, 4.69) is 12.2 Å². The van der Waals surface area contributed by atoms with Crippen molar-refractivity contribution in [1.82, 2.24) is 4.90 Å². The Morgan fingerprint density at radius 2 is 1.41 bits per heavy atom. The van der Waals surface area contributed by atoms with Gasteiger partial charge in [0.1, 0.15) is 23.0 Å². The number of para-hydroxylation sites is 1. The summed E-state index contributed by atoms with van der Waals surface area (Å²) in [6, 6.07) is 7.70. The van der Waals surface area contributed by atoms with Gasteiger partial charge in [0.05, 0.1) is 13.0 Å². The predicted octanol–water partition coefficient (Wildman–Crippen LogP) is 5.35. The number of methoxy groups -OCH3 is 1. The van der Waals surface area contributed by atoms with Crippen LogP contribution in [0.3, 0.4) is 0 Å². The average molecular weight is 639 g/mol. The van der Waals surface area contributed by atoms with E-state index < -0.39 is 76.4 Å². The van der Waals surface area contributed by atoms with Crippen molar-refractivity contribution in [3.05, 3.63) is 59.2 Å². The molecule has 2 aromatic carbocycles. The van der Waals surface area contributed by atoms with E-state index in [1.807, 2.05) is 0 Å². The van der Waals surface area contributed by atoms with Gasteiger partial charge in [0.25, 0.3) is 11.8 Å². The maximum absolute atomic E-state index is 13.9. The van der Waals surface area contributed by atoms with Gasteiger partial charge in [0.2, 0.25) is 5.91 Å². The lowest BCUT2D eigenvalue weighted by Crippen LogP contribution is -2.52. The zero-order chi connectivity index (χ0) is 33.6. The largest absolute Gasteiger partial charge is 0.492 e. The zero-order valence-electron chi connectivity index (χ0n) is 26.3. The topological polar surface area (TPSA) is 177 Å². The summed E-state index contributed by atoms with van der Waals surface area (Å²) in [6.07, 6.45) is 9.02. The molecule has 1 heterocycles. The van der Waals surface area contributed by atoms with Crippen LogP contribution in [-0.4, -0.2) is 76.4 Å². The number of carbonyl (C=O) groups excluding carboxylic acids is 4. The molecule has 2 atom stereocenters. The van der Waals surface area contributed by atoms with Gasteiger partial charge in [-0.1, -0.05) is 82.9 Å². The van der Waals surface area contributed by atoms with E-state index in [0.717, 1.165) is 37.8 Å². The molecule has 3 N–H and O–H groups in total. The number of benzene rings is 2. The van der Waals surface area contributed by atoms with Gasteiger partial charge < -0.3 is 25.0 Å². The maximum atomic E-state index is 13.9. The number of likely N-dealkylation sites (tertiary alicyclic amines) is 1. The lowest BCUT2D eigenvalue weighted by Gasteiger charge is -2.25. The molecule has 0 bridgehead atoms. The van der Waals surface area contributed by atoms with E-state index in [4.69, 9.17) is 9.47 Å². The number of nitrogens with zero attached hydrogens (tertiary/aromatic N) is 1. The van der Waals surface area contributed by atoms with Crippen LogP contribution in [-0.2, 0) is 19.1 Å². The summed E-state index contributed by atoms with van der Waals surface area (Å²) < 4.78 is 10.7. The Bertz CT molecular complexity index is 1370. The minimum absolute atomic E-state index is 0.0572. The molecule has 12 nitrogen and oxygen atoms in total. The molecule has 0 spiro atoms. The van der Waals surface area contributed by atoms with Crippen LogP contribution in [0, 0.1) is 0 Å². The minimum Gasteiger partial charge on any atom is -0.492 e. The molecule has 1 fully saturated rings. The van der Waals surface area contributed by atoms with Crippen molar-refractivity contribution in [1.29, 1.82) is 0 Å². The number of carboxylic acid groups (broad SMARTS) is 2. The SMILES string of the molecule is CCCCCCCCCCCCOc1c(C(=O)O)cc(C(=O)C(C(=O)Nc2ccccc2)N2C(=O)CC(OC)C2=O)cc1C(=O)O. The highest BCUT2D eigenvalue weighted by molar-refractivity contribution is 6.23. The van der Waals surface area contributed by atoms with Crippen LogP contribution in [0.25, 0.3) is 0 Å². The van der Waals surface area contributed by atoms with Crippen molar-refractivity contribution in [2.24, 2.45) is 0 Å². The van der Waals surface area contributed by atoms with Gasteiger partial charge in [-0.25, -0.2) is 9.59 Å². The Morgan fingerprint density at radius 3 is 1.91 bits per heavy atom. The molecule has 3 amide bonds. The Hall–Kier alpha value is -4.58. The van der Waals surface area contributed by atoms with Gasteiger partial charge in [-0.3, -0.25) is 24.1 Å². The summed E-state index contributed by atoms with van der Waals surface area (Å²) in [6.45, 7) is 2.24. The van der Waals surface area contributed by atoms with Crippen LogP contribution >= 0.6 is 0 Å². The number of ether oxygens (including phenoxy) is 2. The van der Waals surface area contributed by atoms with Crippen LogP contribution in [0.15, 0.2) is 42.5 Å². The summed E-state index contributed by atoms with van der Waals surface area (Å²) >= 11 is 0. The van der Waals surface area contributed by atoms with E-state index in [1.54, 1.807) is 18.2 Å². The van der Waals surface area contributed by atoms with Crippen LogP contribution < -0.4 is 10.1 Å². The standard InChI is InChI=1S/C34H42N2O10/c1-3-4-5-6-7-8-9-10-11-15-18-46-30-24(33(41)42)19-22(20-25(30)34(43)44)29(38)28(31(39)35-23-16-13-12-14-17-23)36-27(37)21-26(45-2)32(36)40/h12-14,16-17,19-20,26,28H,3-11,15,18,21H2,1-2H3,(H,35,39)(H,41,42)(H,43,44). The van der Waals surface area contributed by atoms with Crippen LogP contribution in [0.2, 0.25) is 0 Å². The number of unbranched alkanes of at least 4 members (excludes halogenated alkanes) is 9. The molecule has 0 radical (unpaired) electrons. The number of ketones is 1. The van der Waals surface area contributed by atoms with Crippen molar-refractivity contribution >= 4 is 41.1 Å². The first-order chi connectivity index (χ1) is 22.1. The fourth-order valence-corrected chi connectivity index (χ4v) is 5.33. The van der Waals surface area contributed by atoms with Crippen LogP contribution in [0.4, 0.5) is 5.69 Å². The second-order valence-electron chi connectivity index (χ2n) is 11.2. The first-order valence-electron chi connectivity index (χ1n) is 15.7. The molecule has 3 rings (SSSR count). The quantitative estimate of drug-likeness (QED) is 0.0742. The summed E-state index contributed by atoms with van der Waals surface area (Å²) in [4.78, 5) is 78.2. The van der Waals surface area contributed by atoms with Gasteiger partial charge in [-0.05, 0) is 30.7 Å². The highest BCUT2D eigenvalue weighted by Gasteiger charge is 2.48. The number of hydrogen-bond donors (Lipinski definition) is 3. The first kappa shape index (κ1) is 35.9. The fraction of sp³-hybridized carbons (Fsp3) is 0.471. The molecule has 1 aliphatic rings. The molecule has 2 unspecified atom stereocenters. The summed E-state index contributed by atoms with van der Waals surface area (Å²) in [5.41, 5.74) is -1.45. The number of carboxylic acids is 2. The fourth-order valence-electron chi connectivity index (χ4n) is 5.33. The smallest absolute Gasteiger partial charge is 0.339 e. The lowest BCUT2D eigenvalue weighted by atomic mass is 9.96. The Balaban J connectivity index is 1.83. The van der Waals surface area contributed by atoms with Crippen molar-refractivity contribution in [3.63, 3.8) is 0 Å². The number of amides is 3. The van der Waals surface area contributed by atoms with Crippen molar-refractivity contribution in [2.45, 2.75) is 89.7 Å². The van der Waals surface area contributed by atoms with Crippen molar-refractivity contribution < 1.29 is 48.5 Å². The van der Waals surface area contributed by atoms with E-state index >= 15 is 0 Å². The molecule has 0 aromatic heterocycles. The van der Waals surface area contributed by atoms with E-state index in [1.165, 1.54) is 51.3 Å². The van der Waals surface area contributed by atoms with Gasteiger partial charge in [-0.2, -0.15) is 0 Å². The lowest BCUT2D eigenvalue weighted by molar-refractivity contribution is -0.146. The van der Waals surface area contributed by atoms with Gasteiger partial charge in [0.15, 0.2) is 11.8 Å². The number of rotatable bonds is 20. The second-order valence-corrected chi connectivity index (χ2v) is 11.2. The molecule has 0 saturated carbocycles. The second kappa shape index (κ2) is 17.8. The van der Waals surface area contributed by atoms with Crippen LogP contribution in [0.5, 0.6) is 5.75 Å². The monoisotopic (exact) mass is 638 g/mol. The minimum atomic E-state index is -2.07. The Kier molecular flexibility index (Phi) is 13.9. The zero-order valence-corrected chi connectivity index (χ0v) is 26.3. The highest BCUT2D eigenvalue weighted by atomic mass is 16.5. The van der Waals surface area contributed by atoms with Gasteiger partial charge >= 0.3 is 11.9 Å². The molecule has 0 aliphatic carbocycles. The predicted molar refractivity (Wildman–Crippen MR) is 168 cm³/mol. The summed E-state index contributed by atoms with van der Waals surface area (Å²) in [5, 5.41) is 22.4. The number of nitrogens with one attached hydrogen (secondary N) is 1. The molecule has 248 valence electrons. The van der Waals surface area contributed by atoms with E-state index in [-0.39, 0.29) is 12.3 Å². The number of carbonyl (C=O) groups is 6. The summed E-state index contributed by atoms with van der Waals surface area (Å²) in [5.74, 6) is -7.54. The van der Waals surface area contributed by atoms with Gasteiger partial charge in [-0.15, -0.1) is 0 Å². The third-order valence-corrected chi connectivity index (χ3v) is 7.80. The maximum Gasteiger partial charge on any atom is 0.339 e. The molecule has 2 aromatic rings. The molecular weight excluding hydrogens is 596 g/mol. The summed E-state index contributed by atoms with van der Waals surface area (Å²) in [7, 11) is 1.20. The Morgan fingerprint density at radius 1 is 0.870 bits per heavy atom. The van der Waals surface area contributed by atoms with Crippen molar-refractivity contribution in [2.75, 3.05) is 19.0 Å². The van der Waals surface area contributed by atoms with E-state index in [0.29, 0.717) is 11.3 Å². The number of Topliss-reactive ketones (excluding diaryl/α,β-unsaturated/α-hetero) is 1. The number of aromatic carboxylic acids is 2. The molecule has 46 heavy (non-hydrogen) atoms. The molecule has 1 saturated heterocycles. The third-order valence-electron chi connectivity index (χ3n) is 7.80. The van der Waals surface area contributed by atoms with Crippen LogP contribution in [0.1, 0.15) is 109 Å². The first-order valence-corrected chi connectivity index (χ1v) is 15.7. The Labute approximate surface area is 268 Å². The molecule has 12 heteroatoms. The van der Waals surface area contributed by atoms with E-state index in [9.17, 15) is 39.0 Å². The molecule has 1 aliphatic heterocycles. The number of hydrogen-bond acceptors (Lipinski definition) is 8. The molecular formula is C34H42N2O10. The van der Waals surface area contributed by atoms with Gasteiger partial charge in [0, 0.05) is 18.4 Å². The van der Waals surface area contributed by atoms with Crippen molar-refractivity contribution in [3.8, 4) is 5.75 Å². The average Bonchev–Trinajstić information content (AvgIpc) is 3.32. The number of imide groups is 1. The number of anilines is 1. The highest BCUT2D eigenvalue weighted by Crippen LogP contribution is 2.30. The normalized spacial score (nSPS) is 15.1.